The number of halogens is 1. The van der Waals surface area contributed by atoms with E-state index in [1.807, 2.05) is 41.7 Å². The zero-order valence-corrected chi connectivity index (χ0v) is 21.7. The highest BCUT2D eigenvalue weighted by atomic mass is 35.5. The smallest absolute Gasteiger partial charge is 0.208 e. The van der Waals surface area contributed by atoms with Gasteiger partial charge in [0.05, 0.1) is 0 Å². The van der Waals surface area contributed by atoms with Gasteiger partial charge in [-0.1, -0.05) is 115 Å². The van der Waals surface area contributed by atoms with Gasteiger partial charge < -0.3 is 0 Å². The van der Waals surface area contributed by atoms with Gasteiger partial charge in [0.1, 0.15) is 0 Å². The predicted molar refractivity (Wildman–Crippen MR) is 159 cm³/mol. The fraction of sp³-hybridized carbons (Fsp3) is 0. The van der Waals surface area contributed by atoms with Gasteiger partial charge in [0.15, 0.2) is 11.6 Å². The van der Waals surface area contributed by atoms with Gasteiger partial charge in [-0.25, -0.2) is 4.98 Å². The van der Waals surface area contributed by atoms with Crippen LogP contribution in [0.4, 0.5) is 0 Å². The average molecular weight is 526 g/mol. The highest BCUT2D eigenvalue weighted by molar-refractivity contribution is 7.26. The highest BCUT2D eigenvalue weighted by Crippen LogP contribution is 2.40. The molecule has 0 saturated carbocycles. The number of hydrogen-bond acceptors (Lipinski definition) is 4. The Bertz CT molecular complexity index is 1910. The SMILES string of the molecule is Clc1nc(-c2ccc(-c3ccccc3)cc2)nc(-c2ccc(-c3cccc4c3sc3ccccc34)cc2)n1. The first-order valence-corrected chi connectivity index (χ1v) is 13.5. The molecule has 0 fully saturated rings. The normalized spacial score (nSPS) is 11.3. The third-order valence-electron chi connectivity index (χ3n) is 6.72. The quantitative estimate of drug-likeness (QED) is 0.229. The molecule has 0 radical (unpaired) electrons. The number of fused-ring (bicyclic) bond motifs is 3. The Morgan fingerprint density at radius 3 is 1.71 bits per heavy atom. The Hall–Kier alpha value is -4.38. The topological polar surface area (TPSA) is 38.7 Å². The molecule has 0 amide bonds. The minimum Gasteiger partial charge on any atom is -0.208 e. The predicted octanol–water partition coefficient (Wildman–Crippen LogP) is 9.56. The first-order chi connectivity index (χ1) is 18.7. The molecule has 0 atom stereocenters. The number of nitrogens with zero attached hydrogens (tertiary/aromatic N) is 3. The maximum atomic E-state index is 6.35. The summed E-state index contributed by atoms with van der Waals surface area (Å²) in [5, 5.41) is 2.77. The van der Waals surface area contributed by atoms with Crippen molar-refractivity contribution in [3.8, 4) is 45.0 Å². The lowest BCUT2D eigenvalue weighted by atomic mass is 10.0. The molecule has 3 nitrogen and oxygen atoms in total. The first kappa shape index (κ1) is 22.8. The lowest BCUT2D eigenvalue weighted by molar-refractivity contribution is 1.07. The minimum absolute atomic E-state index is 0.177. The summed E-state index contributed by atoms with van der Waals surface area (Å²) in [5.41, 5.74) is 6.47. The molecule has 0 aliphatic heterocycles. The summed E-state index contributed by atoms with van der Waals surface area (Å²) in [6.45, 7) is 0. The molecule has 0 aliphatic carbocycles. The van der Waals surface area contributed by atoms with Crippen molar-refractivity contribution in [3.05, 3.63) is 127 Å². The number of benzene rings is 5. The Morgan fingerprint density at radius 2 is 1.00 bits per heavy atom. The molecule has 2 heterocycles. The van der Waals surface area contributed by atoms with E-state index in [0.717, 1.165) is 22.3 Å². The van der Waals surface area contributed by atoms with Crippen LogP contribution < -0.4 is 0 Å². The fourth-order valence-corrected chi connectivity index (χ4v) is 6.22. The summed E-state index contributed by atoms with van der Waals surface area (Å²) >= 11 is 8.18. The van der Waals surface area contributed by atoms with Crippen molar-refractivity contribution in [2.75, 3.05) is 0 Å². The monoisotopic (exact) mass is 525 g/mol. The van der Waals surface area contributed by atoms with Crippen LogP contribution in [0.3, 0.4) is 0 Å². The van der Waals surface area contributed by atoms with E-state index in [-0.39, 0.29) is 5.28 Å². The van der Waals surface area contributed by atoms with Crippen molar-refractivity contribution in [1.82, 2.24) is 15.0 Å². The Labute approximate surface area is 229 Å². The van der Waals surface area contributed by atoms with Crippen molar-refractivity contribution in [1.29, 1.82) is 0 Å². The number of rotatable bonds is 4. The van der Waals surface area contributed by atoms with E-state index in [1.165, 1.54) is 31.3 Å². The first-order valence-electron chi connectivity index (χ1n) is 12.3. The summed E-state index contributed by atoms with van der Waals surface area (Å²) in [6.07, 6.45) is 0. The van der Waals surface area contributed by atoms with E-state index < -0.39 is 0 Å². The van der Waals surface area contributed by atoms with Crippen LogP contribution in [-0.2, 0) is 0 Å². The van der Waals surface area contributed by atoms with Gasteiger partial charge in [0.2, 0.25) is 5.28 Å². The molecule has 38 heavy (non-hydrogen) atoms. The molecule has 0 N–H and O–H groups in total. The summed E-state index contributed by atoms with van der Waals surface area (Å²) in [5.74, 6) is 1.11. The van der Waals surface area contributed by atoms with Gasteiger partial charge in [-0.05, 0) is 39.9 Å². The molecule has 5 heteroatoms. The molecular weight excluding hydrogens is 506 g/mol. The van der Waals surface area contributed by atoms with Crippen LogP contribution in [0.5, 0.6) is 0 Å². The van der Waals surface area contributed by atoms with Crippen LogP contribution in [0.2, 0.25) is 5.28 Å². The average Bonchev–Trinajstić information content (AvgIpc) is 3.36. The van der Waals surface area contributed by atoms with Gasteiger partial charge in [0, 0.05) is 31.3 Å². The van der Waals surface area contributed by atoms with E-state index in [9.17, 15) is 0 Å². The zero-order valence-electron chi connectivity index (χ0n) is 20.2. The van der Waals surface area contributed by atoms with E-state index >= 15 is 0 Å². The van der Waals surface area contributed by atoms with Crippen LogP contribution >= 0.6 is 22.9 Å². The largest absolute Gasteiger partial charge is 0.226 e. The third kappa shape index (κ3) is 4.14. The number of aromatic nitrogens is 3. The van der Waals surface area contributed by atoms with Crippen molar-refractivity contribution >= 4 is 43.1 Å². The number of thiophene rings is 1. The van der Waals surface area contributed by atoms with Crippen molar-refractivity contribution in [2.45, 2.75) is 0 Å². The molecule has 0 aliphatic rings. The van der Waals surface area contributed by atoms with Crippen molar-refractivity contribution < 1.29 is 0 Å². The van der Waals surface area contributed by atoms with Crippen LogP contribution in [0.1, 0.15) is 0 Å². The standard InChI is InChI=1S/C33H20ClN3S/c34-33-36-31(24-17-13-22(14-18-24)21-7-2-1-3-8-21)35-32(37-33)25-19-15-23(16-20-25)26-10-6-11-28-27-9-4-5-12-29(27)38-30(26)28/h1-20H. The van der Waals surface area contributed by atoms with Crippen LogP contribution in [0.15, 0.2) is 121 Å². The fourth-order valence-electron chi connectivity index (χ4n) is 4.82. The summed E-state index contributed by atoms with van der Waals surface area (Å²) in [7, 11) is 0. The summed E-state index contributed by atoms with van der Waals surface area (Å²) < 4.78 is 2.60. The summed E-state index contributed by atoms with van der Waals surface area (Å²) in [4.78, 5) is 13.6. The summed E-state index contributed by atoms with van der Waals surface area (Å²) in [6, 6.07) is 41.9. The second-order valence-electron chi connectivity index (χ2n) is 9.05. The Balaban J connectivity index is 1.22. The lowest BCUT2D eigenvalue weighted by Gasteiger charge is -2.08. The van der Waals surface area contributed by atoms with Gasteiger partial charge in [-0.15, -0.1) is 11.3 Å². The van der Waals surface area contributed by atoms with E-state index in [1.54, 1.807) is 0 Å². The molecule has 0 unspecified atom stereocenters. The van der Waals surface area contributed by atoms with Crippen LogP contribution in [0, 0.1) is 0 Å². The molecule has 2 aromatic heterocycles. The maximum absolute atomic E-state index is 6.35. The molecule has 0 saturated heterocycles. The van der Waals surface area contributed by atoms with Crippen LogP contribution in [-0.4, -0.2) is 15.0 Å². The Kier molecular flexibility index (Phi) is 5.69. The second kappa shape index (κ2) is 9.49. The second-order valence-corrected chi connectivity index (χ2v) is 10.4. The molecule has 5 aromatic carbocycles. The maximum Gasteiger partial charge on any atom is 0.226 e. The lowest BCUT2D eigenvalue weighted by Crippen LogP contribution is -1.97. The van der Waals surface area contributed by atoms with Crippen molar-refractivity contribution in [3.63, 3.8) is 0 Å². The molecule has 180 valence electrons. The number of hydrogen-bond donors (Lipinski definition) is 0. The molecular formula is C33H20ClN3S. The third-order valence-corrected chi connectivity index (χ3v) is 8.11. The van der Waals surface area contributed by atoms with Gasteiger partial charge in [-0.2, -0.15) is 9.97 Å². The zero-order chi connectivity index (χ0) is 25.5. The van der Waals surface area contributed by atoms with E-state index in [0.29, 0.717) is 11.6 Å². The van der Waals surface area contributed by atoms with Crippen LogP contribution in [0.25, 0.3) is 65.2 Å². The minimum atomic E-state index is 0.177. The Morgan fingerprint density at radius 1 is 0.447 bits per heavy atom. The highest BCUT2D eigenvalue weighted by Gasteiger charge is 2.13. The van der Waals surface area contributed by atoms with Gasteiger partial charge in [0.25, 0.3) is 0 Å². The van der Waals surface area contributed by atoms with E-state index in [4.69, 9.17) is 16.6 Å². The van der Waals surface area contributed by atoms with Gasteiger partial charge >= 0.3 is 0 Å². The molecule has 0 bridgehead atoms. The molecule has 7 aromatic rings. The molecule has 7 rings (SSSR count). The van der Waals surface area contributed by atoms with Crippen molar-refractivity contribution in [2.24, 2.45) is 0 Å². The van der Waals surface area contributed by atoms with Gasteiger partial charge in [-0.3, -0.25) is 0 Å². The van der Waals surface area contributed by atoms with E-state index in [2.05, 4.69) is 101 Å². The molecule has 0 spiro atoms.